The summed E-state index contributed by atoms with van der Waals surface area (Å²) in [6.07, 6.45) is 1.08. The zero-order chi connectivity index (χ0) is 22.0. The first-order valence-electron chi connectivity index (χ1n) is 8.96. The van der Waals surface area contributed by atoms with Gasteiger partial charge in [0.2, 0.25) is 0 Å². The van der Waals surface area contributed by atoms with Crippen molar-refractivity contribution in [3.63, 3.8) is 0 Å². The minimum Gasteiger partial charge on any atom is -0.504 e. The minimum absolute atomic E-state index is 0.0854. The third-order valence-electron chi connectivity index (χ3n) is 4.49. The van der Waals surface area contributed by atoms with Crippen LogP contribution in [0.5, 0.6) is 11.5 Å². The highest BCUT2D eigenvalue weighted by Gasteiger charge is 2.33. The van der Waals surface area contributed by atoms with Crippen LogP contribution in [-0.2, 0) is 19.1 Å². The van der Waals surface area contributed by atoms with Crippen molar-refractivity contribution in [2.75, 3.05) is 20.8 Å². The lowest BCUT2D eigenvalue weighted by atomic mass is 9.95. The monoisotopic (exact) mass is 432 g/mol. The quantitative estimate of drug-likeness (QED) is 0.689. The molecule has 1 aliphatic rings. The molecule has 1 atom stereocenters. The van der Waals surface area contributed by atoms with Gasteiger partial charge < -0.3 is 19.3 Å². The number of phenols is 1. The van der Waals surface area contributed by atoms with Gasteiger partial charge >= 0.3 is 11.9 Å². The number of allylic oxidation sites excluding steroid dienone is 1. The van der Waals surface area contributed by atoms with E-state index in [9.17, 15) is 19.5 Å². The molecule has 1 aromatic carbocycles. The minimum atomic E-state index is -0.880. The molecule has 30 heavy (non-hydrogen) atoms. The van der Waals surface area contributed by atoms with Crippen LogP contribution < -0.4 is 19.6 Å². The molecular formula is C20H20N2O7S. The summed E-state index contributed by atoms with van der Waals surface area (Å²) in [6, 6.07) is 3.65. The summed E-state index contributed by atoms with van der Waals surface area (Å²) in [5, 5.41) is 9.95. The first-order valence-corrected chi connectivity index (χ1v) is 9.78. The van der Waals surface area contributed by atoms with Gasteiger partial charge in [0.1, 0.15) is 4.53 Å². The zero-order valence-electron chi connectivity index (χ0n) is 16.8. The van der Waals surface area contributed by atoms with Gasteiger partial charge in [-0.3, -0.25) is 9.36 Å². The van der Waals surface area contributed by atoms with E-state index in [0.29, 0.717) is 16.1 Å². The van der Waals surface area contributed by atoms with Crippen LogP contribution in [0.15, 0.2) is 39.3 Å². The van der Waals surface area contributed by atoms with Crippen LogP contribution >= 0.6 is 11.3 Å². The normalized spacial score (nSPS) is 16.0. The molecule has 1 aliphatic heterocycles. The Balaban J connectivity index is 2.33. The fraction of sp³-hybridized carbons (Fsp3) is 0.300. The number of benzene rings is 1. The number of carbonyl (C=O) groups excluding carboxylic acids is 2. The molecule has 1 aromatic heterocycles. The number of phenolic OH excluding ortho intramolecular Hbond substituents is 1. The number of rotatable bonds is 5. The Morgan fingerprint density at radius 1 is 1.33 bits per heavy atom. The summed E-state index contributed by atoms with van der Waals surface area (Å²) in [6.45, 7) is 3.47. The molecule has 158 valence electrons. The lowest BCUT2D eigenvalue weighted by molar-refractivity contribution is -0.139. The van der Waals surface area contributed by atoms with E-state index in [0.717, 1.165) is 17.4 Å². The smallest absolute Gasteiger partial charge is 0.338 e. The molecule has 0 saturated heterocycles. The fourth-order valence-corrected chi connectivity index (χ4v) is 4.14. The SMILES string of the molecule is CCOC(=O)C1=C(C)N=c2s/c(=C\C(=O)OC)c(=O)n2[C@@H]1c1ccc(O)c(OC)c1. The number of methoxy groups -OCH3 is 2. The van der Waals surface area contributed by atoms with Crippen molar-refractivity contribution >= 4 is 29.4 Å². The van der Waals surface area contributed by atoms with Crippen molar-refractivity contribution in [1.29, 1.82) is 0 Å². The van der Waals surface area contributed by atoms with Gasteiger partial charge in [0, 0.05) is 6.08 Å². The van der Waals surface area contributed by atoms with Crippen LogP contribution in [0.2, 0.25) is 0 Å². The van der Waals surface area contributed by atoms with Gasteiger partial charge in [-0.15, -0.1) is 0 Å². The second-order valence-corrected chi connectivity index (χ2v) is 7.27. The van der Waals surface area contributed by atoms with Crippen molar-refractivity contribution in [3.05, 3.63) is 54.7 Å². The number of aromatic nitrogens is 1. The van der Waals surface area contributed by atoms with E-state index in [1.165, 1.54) is 30.9 Å². The van der Waals surface area contributed by atoms with E-state index in [2.05, 4.69) is 9.73 Å². The van der Waals surface area contributed by atoms with Gasteiger partial charge in [0.05, 0.1) is 38.1 Å². The maximum atomic E-state index is 13.1. The number of nitrogens with zero attached hydrogens (tertiary/aromatic N) is 2. The maximum absolute atomic E-state index is 13.1. The van der Waals surface area contributed by atoms with Crippen LogP contribution in [0, 0.1) is 0 Å². The van der Waals surface area contributed by atoms with Crippen LogP contribution in [0.4, 0.5) is 0 Å². The van der Waals surface area contributed by atoms with Gasteiger partial charge in [-0.2, -0.15) is 0 Å². The number of aromatic hydroxyl groups is 1. The fourth-order valence-electron chi connectivity index (χ4n) is 3.14. The topological polar surface area (TPSA) is 116 Å². The molecule has 0 unspecified atom stereocenters. The second-order valence-electron chi connectivity index (χ2n) is 6.26. The summed E-state index contributed by atoms with van der Waals surface area (Å²) in [5.41, 5.74) is 0.571. The number of esters is 2. The largest absolute Gasteiger partial charge is 0.504 e. The van der Waals surface area contributed by atoms with E-state index < -0.39 is 23.5 Å². The third-order valence-corrected chi connectivity index (χ3v) is 5.47. The predicted octanol–water partition coefficient (Wildman–Crippen LogP) is 0.637. The van der Waals surface area contributed by atoms with Crippen molar-refractivity contribution in [2.45, 2.75) is 19.9 Å². The summed E-state index contributed by atoms with van der Waals surface area (Å²) in [7, 11) is 2.61. The molecular weight excluding hydrogens is 412 g/mol. The van der Waals surface area contributed by atoms with E-state index in [1.54, 1.807) is 19.9 Å². The van der Waals surface area contributed by atoms with E-state index in [4.69, 9.17) is 9.47 Å². The van der Waals surface area contributed by atoms with Gasteiger partial charge in [-0.05, 0) is 31.5 Å². The van der Waals surface area contributed by atoms with Crippen LogP contribution in [0.3, 0.4) is 0 Å². The average Bonchev–Trinajstić information content (AvgIpc) is 3.02. The van der Waals surface area contributed by atoms with E-state index in [-0.39, 0.29) is 28.2 Å². The number of ether oxygens (including phenoxy) is 3. The van der Waals surface area contributed by atoms with Gasteiger partial charge in [0.15, 0.2) is 16.3 Å². The summed E-state index contributed by atoms with van der Waals surface area (Å²) in [5.74, 6) is -1.19. The molecule has 2 aromatic rings. The third kappa shape index (κ3) is 3.73. The maximum Gasteiger partial charge on any atom is 0.338 e. The lowest BCUT2D eigenvalue weighted by Crippen LogP contribution is -2.40. The van der Waals surface area contributed by atoms with Crippen LogP contribution in [-0.4, -0.2) is 42.4 Å². The molecule has 0 saturated carbocycles. The molecule has 0 spiro atoms. The number of hydrogen-bond donors (Lipinski definition) is 1. The van der Waals surface area contributed by atoms with Gasteiger partial charge in [-0.1, -0.05) is 17.4 Å². The Hall–Kier alpha value is -3.40. The molecule has 9 nitrogen and oxygen atoms in total. The van der Waals surface area contributed by atoms with Gasteiger partial charge in [0.25, 0.3) is 5.56 Å². The molecule has 10 heteroatoms. The van der Waals surface area contributed by atoms with Crippen molar-refractivity contribution in [3.8, 4) is 11.5 Å². The number of carbonyl (C=O) groups is 2. The van der Waals surface area contributed by atoms with Crippen molar-refractivity contribution in [2.24, 2.45) is 4.99 Å². The van der Waals surface area contributed by atoms with Gasteiger partial charge in [-0.25, -0.2) is 14.6 Å². The van der Waals surface area contributed by atoms with Crippen LogP contribution in [0.25, 0.3) is 6.08 Å². The highest BCUT2D eigenvalue weighted by molar-refractivity contribution is 7.07. The second kappa shape index (κ2) is 8.54. The first-order chi connectivity index (χ1) is 14.3. The Morgan fingerprint density at radius 2 is 2.07 bits per heavy atom. The van der Waals surface area contributed by atoms with Crippen molar-refractivity contribution in [1.82, 2.24) is 4.57 Å². The number of hydrogen-bond acceptors (Lipinski definition) is 9. The molecule has 0 bridgehead atoms. The molecule has 0 aliphatic carbocycles. The Labute approximate surface area is 175 Å². The molecule has 3 rings (SSSR count). The lowest BCUT2D eigenvalue weighted by Gasteiger charge is -2.25. The first kappa shape index (κ1) is 21.3. The molecule has 0 radical (unpaired) electrons. The van der Waals surface area contributed by atoms with Crippen molar-refractivity contribution < 1.29 is 28.9 Å². The Morgan fingerprint density at radius 3 is 2.70 bits per heavy atom. The van der Waals surface area contributed by atoms with Crippen LogP contribution in [0.1, 0.15) is 25.5 Å². The highest BCUT2D eigenvalue weighted by atomic mass is 32.1. The van der Waals surface area contributed by atoms with E-state index in [1.807, 2.05) is 0 Å². The molecule has 1 N–H and O–H groups in total. The number of thiazole rings is 1. The molecule has 0 fully saturated rings. The molecule has 0 amide bonds. The Kier molecular flexibility index (Phi) is 6.06. The zero-order valence-corrected chi connectivity index (χ0v) is 17.6. The highest BCUT2D eigenvalue weighted by Crippen LogP contribution is 2.35. The summed E-state index contributed by atoms with van der Waals surface area (Å²) >= 11 is 1.01. The van der Waals surface area contributed by atoms with E-state index >= 15 is 0 Å². The predicted molar refractivity (Wildman–Crippen MR) is 108 cm³/mol. The Bertz CT molecular complexity index is 1220. The summed E-state index contributed by atoms with van der Waals surface area (Å²) < 4.78 is 16.4. The summed E-state index contributed by atoms with van der Waals surface area (Å²) in [4.78, 5) is 42.2. The number of fused-ring (bicyclic) bond motifs is 1. The standard InChI is InChI=1S/C20H20N2O7S/c1-5-29-19(26)16-10(2)21-20-22(18(25)14(30-20)9-15(24)28-4)17(16)11-6-7-12(23)13(8-11)27-3/h6-9,17,23H,5H2,1-4H3/b14-9-/t17-/m1/s1. The molecule has 2 heterocycles. The average molecular weight is 432 g/mol.